The molecular weight excluding hydrogens is 403 g/mol. The third-order valence-corrected chi connectivity index (χ3v) is 4.92. The number of amides is 1. The molecule has 1 fully saturated rings. The van der Waals surface area contributed by atoms with Crippen molar-refractivity contribution in [2.75, 3.05) is 39.0 Å². The molecule has 1 aromatic rings. The number of nitrogens with one attached hydrogen (secondary N) is 2. The van der Waals surface area contributed by atoms with Gasteiger partial charge in [-0.25, -0.2) is 0 Å². The molecule has 2 rings (SSSR count). The average Bonchev–Trinajstić information content (AvgIpc) is 2.62. The molecule has 10 heteroatoms. The van der Waals surface area contributed by atoms with E-state index in [2.05, 4.69) is 10.6 Å². The number of piperazine rings is 1. The molecule has 0 spiro atoms. The Morgan fingerprint density at radius 1 is 1.30 bits per heavy atom. The minimum absolute atomic E-state index is 0. The van der Waals surface area contributed by atoms with Crippen LogP contribution in [-0.2, 0) is 4.79 Å². The van der Waals surface area contributed by atoms with Crippen LogP contribution < -0.4 is 15.4 Å². The molecule has 1 amide bonds. The Kier molecular flexibility index (Phi) is 9.72. The molecule has 27 heavy (non-hydrogen) atoms. The van der Waals surface area contributed by atoms with E-state index in [0.29, 0.717) is 31.9 Å². The zero-order valence-corrected chi connectivity index (χ0v) is 16.8. The Hall–Kier alpha value is -1.16. The van der Waals surface area contributed by atoms with Crippen molar-refractivity contribution in [1.82, 2.24) is 15.5 Å². The van der Waals surface area contributed by atoms with Gasteiger partial charge in [0.15, 0.2) is 6.10 Å². The van der Waals surface area contributed by atoms with Crippen molar-refractivity contribution in [3.8, 4) is 5.75 Å². The van der Waals surface area contributed by atoms with Gasteiger partial charge in [0.25, 0.3) is 5.91 Å². The highest BCUT2D eigenvalue weighted by Gasteiger charge is 2.44. The number of carbonyl (C=O) groups is 1. The lowest BCUT2D eigenvalue weighted by Crippen LogP contribution is -2.58. The predicted molar refractivity (Wildman–Crippen MR) is 103 cm³/mol. The summed E-state index contributed by atoms with van der Waals surface area (Å²) >= 11 is 1.58. The Morgan fingerprint density at radius 3 is 2.41 bits per heavy atom. The van der Waals surface area contributed by atoms with Crippen LogP contribution in [0.3, 0.4) is 0 Å². The van der Waals surface area contributed by atoms with Crippen molar-refractivity contribution < 1.29 is 22.7 Å². The number of halogens is 4. The van der Waals surface area contributed by atoms with Crippen LogP contribution in [0.1, 0.15) is 6.92 Å². The highest BCUT2D eigenvalue weighted by atomic mass is 35.5. The number of hydrogen-bond acceptors (Lipinski definition) is 5. The second-order valence-corrected chi connectivity index (χ2v) is 6.90. The molecular formula is C17H25ClF3N3O2S. The van der Waals surface area contributed by atoms with Crippen LogP contribution in [0, 0.1) is 0 Å². The third-order valence-electron chi connectivity index (χ3n) is 4.18. The van der Waals surface area contributed by atoms with E-state index in [1.165, 1.54) is 11.8 Å². The van der Waals surface area contributed by atoms with Gasteiger partial charge in [0.05, 0.1) is 0 Å². The monoisotopic (exact) mass is 427 g/mol. The number of carbonyl (C=O) groups excluding carboxylic acids is 1. The number of nitrogens with zero attached hydrogens (tertiary/aromatic N) is 1. The van der Waals surface area contributed by atoms with Crippen molar-refractivity contribution in [2.24, 2.45) is 0 Å². The van der Waals surface area contributed by atoms with Crippen molar-refractivity contribution in [2.45, 2.75) is 30.1 Å². The normalized spacial score (nSPS) is 17.5. The molecule has 2 unspecified atom stereocenters. The lowest BCUT2D eigenvalue weighted by atomic mass is 10.2. The Balaban J connectivity index is 0.00000364. The molecule has 1 heterocycles. The largest absolute Gasteiger partial charge is 0.481 e. The van der Waals surface area contributed by atoms with E-state index in [1.807, 2.05) is 18.4 Å². The van der Waals surface area contributed by atoms with Crippen LogP contribution in [-0.4, -0.2) is 68.1 Å². The summed E-state index contributed by atoms with van der Waals surface area (Å²) in [4.78, 5) is 14.6. The molecule has 1 saturated heterocycles. The Morgan fingerprint density at radius 2 is 1.89 bits per heavy atom. The lowest BCUT2D eigenvalue weighted by Gasteiger charge is -2.36. The fraction of sp³-hybridized carbons (Fsp3) is 0.588. The van der Waals surface area contributed by atoms with Gasteiger partial charge in [-0.2, -0.15) is 13.2 Å². The highest BCUT2D eigenvalue weighted by molar-refractivity contribution is 7.98. The van der Waals surface area contributed by atoms with E-state index in [1.54, 1.807) is 23.9 Å². The van der Waals surface area contributed by atoms with Crippen molar-refractivity contribution in [3.63, 3.8) is 0 Å². The first-order valence-electron chi connectivity index (χ1n) is 8.41. The molecule has 0 aromatic heterocycles. The maximum atomic E-state index is 13.3. The smallest absolute Gasteiger partial charge is 0.405 e. The van der Waals surface area contributed by atoms with Crippen LogP contribution in [0.4, 0.5) is 13.2 Å². The van der Waals surface area contributed by atoms with Gasteiger partial charge in [-0.15, -0.1) is 24.2 Å². The number of ether oxygens (including phenoxy) is 1. The van der Waals surface area contributed by atoms with Gasteiger partial charge < -0.3 is 15.4 Å². The van der Waals surface area contributed by atoms with Gasteiger partial charge in [0, 0.05) is 37.6 Å². The van der Waals surface area contributed by atoms with E-state index in [9.17, 15) is 18.0 Å². The average molecular weight is 428 g/mol. The van der Waals surface area contributed by atoms with Crippen molar-refractivity contribution >= 4 is 30.1 Å². The van der Waals surface area contributed by atoms with E-state index in [-0.39, 0.29) is 12.4 Å². The fourth-order valence-electron chi connectivity index (χ4n) is 2.70. The van der Waals surface area contributed by atoms with Crippen LogP contribution >= 0.6 is 24.2 Å². The maximum absolute atomic E-state index is 13.3. The first-order valence-corrected chi connectivity index (χ1v) is 9.63. The standard InChI is InChI=1S/C17H24F3N3O2S.ClH/c1-12(25-13-3-5-14(26-2)6-4-13)16(24)22-11-15(17(18,19)20)23-9-7-21-8-10-23;/h3-6,12,15,21H,7-11H2,1-2H3,(H,22,24);1H. The van der Waals surface area contributed by atoms with Gasteiger partial charge >= 0.3 is 6.18 Å². The van der Waals surface area contributed by atoms with Gasteiger partial charge in [0.2, 0.25) is 0 Å². The number of thioether (sulfide) groups is 1. The second-order valence-electron chi connectivity index (χ2n) is 6.02. The SMILES string of the molecule is CSc1ccc(OC(C)C(=O)NCC(N2CCNCC2)C(F)(F)F)cc1.Cl. The number of rotatable bonds is 7. The summed E-state index contributed by atoms with van der Waals surface area (Å²) in [5, 5.41) is 5.40. The molecule has 0 aliphatic carbocycles. The number of benzene rings is 1. The summed E-state index contributed by atoms with van der Waals surface area (Å²) in [6.07, 6.45) is -3.34. The topological polar surface area (TPSA) is 53.6 Å². The highest BCUT2D eigenvalue weighted by Crippen LogP contribution is 2.25. The van der Waals surface area contributed by atoms with Gasteiger partial charge in [-0.05, 0) is 37.4 Å². The molecule has 154 valence electrons. The van der Waals surface area contributed by atoms with Gasteiger partial charge in [-0.3, -0.25) is 9.69 Å². The van der Waals surface area contributed by atoms with E-state index in [4.69, 9.17) is 4.74 Å². The maximum Gasteiger partial charge on any atom is 0.405 e. The quantitative estimate of drug-likeness (QED) is 0.655. The summed E-state index contributed by atoms with van der Waals surface area (Å²) < 4.78 is 45.5. The predicted octanol–water partition coefficient (Wildman–Crippen LogP) is 2.55. The fourth-order valence-corrected chi connectivity index (χ4v) is 3.11. The minimum Gasteiger partial charge on any atom is -0.481 e. The molecule has 5 nitrogen and oxygen atoms in total. The summed E-state index contributed by atoms with van der Waals surface area (Å²) in [6, 6.07) is 5.48. The van der Waals surface area contributed by atoms with Gasteiger partial charge in [0.1, 0.15) is 11.8 Å². The summed E-state index contributed by atoms with van der Waals surface area (Å²) in [6.45, 7) is 2.65. The third kappa shape index (κ3) is 7.40. The van der Waals surface area contributed by atoms with Gasteiger partial charge in [-0.1, -0.05) is 0 Å². The first kappa shape index (κ1) is 23.9. The molecule has 2 atom stereocenters. The van der Waals surface area contributed by atoms with Crippen LogP contribution in [0.5, 0.6) is 5.75 Å². The van der Waals surface area contributed by atoms with E-state index >= 15 is 0 Å². The van der Waals surface area contributed by atoms with Crippen LogP contribution in [0.15, 0.2) is 29.2 Å². The van der Waals surface area contributed by atoms with Crippen molar-refractivity contribution in [1.29, 1.82) is 0 Å². The van der Waals surface area contributed by atoms with Crippen LogP contribution in [0.2, 0.25) is 0 Å². The second kappa shape index (κ2) is 11.0. The summed E-state index contributed by atoms with van der Waals surface area (Å²) in [5.41, 5.74) is 0. The Labute approximate surface area is 167 Å². The zero-order valence-electron chi connectivity index (χ0n) is 15.2. The Bertz CT molecular complexity index is 584. The first-order chi connectivity index (χ1) is 12.3. The molecule has 1 aliphatic heterocycles. The van der Waals surface area contributed by atoms with E-state index in [0.717, 1.165) is 4.90 Å². The number of alkyl halides is 3. The molecule has 0 bridgehead atoms. The molecule has 2 N–H and O–H groups in total. The minimum atomic E-state index is -4.40. The summed E-state index contributed by atoms with van der Waals surface area (Å²) in [7, 11) is 0. The molecule has 1 aromatic carbocycles. The molecule has 0 saturated carbocycles. The zero-order chi connectivity index (χ0) is 19.2. The van der Waals surface area contributed by atoms with Crippen molar-refractivity contribution in [3.05, 3.63) is 24.3 Å². The summed E-state index contributed by atoms with van der Waals surface area (Å²) in [5.74, 6) is -0.0664. The lowest BCUT2D eigenvalue weighted by molar-refractivity contribution is -0.184. The molecule has 0 radical (unpaired) electrons. The molecule has 1 aliphatic rings. The number of hydrogen-bond donors (Lipinski definition) is 2. The van der Waals surface area contributed by atoms with Crippen LogP contribution in [0.25, 0.3) is 0 Å². The van der Waals surface area contributed by atoms with E-state index < -0.39 is 30.8 Å².